The van der Waals surface area contributed by atoms with E-state index in [1.54, 1.807) is 11.2 Å². The van der Waals surface area contributed by atoms with Gasteiger partial charge in [-0.25, -0.2) is 4.98 Å². The molecule has 0 saturated carbocycles. The van der Waals surface area contributed by atoms with Crippen LogP contribution in [0.15, 0.2) is 36.7 Å². The summed E-state index contributed by atoms with van der Waals surface area (Å²) < 4.78 is 1.98. The van der Waals surface area contributed by atoms with Crippen molar-refractivity contribution < 1.29 is 4.79 Å². The van der Waals surface area contributed by atoms with Crippen molar-refractivity contribution in [1.29, 1.82) is 0 Å². The fourth-order valence-corrected chi connectivity index (χ4v) is 3.95. The number of nitrogens with zero attached hydrogens (tertiary/aromatic N) is 5. The molecule has 1 amide bonds. The molecule has 7 heteroatoms. The largest absolute Gasteiger partial charge is 0.316 e. The molecule has 1 aromatic carbocycles. The number of aromatic nitrogens is 4. The first-order chi connectivity index (χ1) is 14.7. The van der Waals surface area contributed by atoms with Gasteiger partial charge in [0.05, 0.1) is 6.54 Å². The van der Waals surface area contributed by atoms with Crippen LogP contribution in [0, 0.1) is 0 Å². The summed E-state index contributed by atoms with van der Waals surface area (Å²) >= 11 is 0. The van der Waals surface area contributed by atoms with Crippen molar-refractivity contribution in [3.8, 4) is 11.5 Å². The van der Waals surface area contributed by atoms with Crippen LogP contribution in [0.4, 0.5) is 5.82 Å². The minimum atomic E-state index is -0.0374. The van der Waals surface area contributed by atoms with E-state index in [1.165, 1.54) is 5.56 Å². The summed E-state index contributed by atoms with van der Waals surface area (Å²) in [5, 5.41) is 11.5. The molecule has 1 aliphatic rings. The molecule has 0 spiro atoms. The first-order valence-electron chi connectivity index (χ1n) is 10.7. The van der Waals surface area contributed by atoms with Crippen LogP contribution in [-0.2, 0) is 18.5 Å². The van der Waals surface area contributed by atoms with E-state index in [9.17, 15) is 4.79 Å². The van der Waals surface area contributed by atoms with Crippen LogP contribution in [0.5, 0.6) is 0 Å². The van der Waals surface area contributed by atoms with E-state index >= 15 is 0 Å². The lowest BCUT2D eigenvalue weighted by atomic mass is 9.83. The monoisotopic (exact) mass is 418 g/mol. The van der Waals surface area contributed by atoms with E-state index in [4.69, 9.17) is 4.98 Å². The zero-order valence-corrected chi connectivity index (χ0v) is 19.1. The molecule has 0 fully saturated rings. The summed E-state index contributed by atoms with van der Waals surface area (Å²) in [5.74, 6) is 1.32. The summed E-state index contributed by atoms with van der Waals surface area (Å²) in [6.45, 7) is 11.9. The van der Waals surface area contributed by atoms with Crippen molar-refractivity contribution in [2.75, 3.05) is 11.9 Å². The maximum Gasteiger partial charge on any atom is 0.260 e. The summed E-state index contributed by atoms with van der Waals surface area (Å²) in [4.78, 5) is 20.0. The number of fused-ring (bicyclic) bond motifs is 1. The van der Waals surface area contributed by atoms with Gasteiger partial charge in [0.25, 0.3) is 5.91 Å². The number of rotatable bonds is 5. The van der Waals surface area contributed by atoms with Crippen molar-refractivity contribution in [1.82, 2.24) is 25.1 Å². The van der Waals surface area contributed by atoms with E-state index in [-0.39, 0.29) is 17.4 Å². The Morgan fingerprint density at radius 2 is 1.97 bits per heavy atom. The lowest BCUT2D eigenvalue weighted by Gasteiger charge is -2.21. The molecule has 3 heterocycles. The quantitative estimate of drug-likeness (QED) is 0.675. The number of benzene rings is 1. The Morgan fingerprint density at radius 3 is 2.65 bits per heavy atom. The average molecular weight is 419 g/mol. The van der Waals surface area contributed by atoms with Crippen molar-refractivity contribution in [2.24, 2.45) is 0 Å². The number of pyridine rings is 1. The average Bonchev–Trinajstić information content (AvgIpc) is 3.33. The van der Waals surface area contributed by atoms with E-state index in [1.807, 2.05) is 29.8 Å². The third-order valence-corrected chi connectivity index (χ3v) is 5.74. The molecule has 0 bridgehead atoms. The van der Waals surface area contributed by atoms with Gasteiger partial charge in [0.1, 0.15) is 17.8 Å². The fraction of sp³-hybridized carbons (Fsp3) is 0.417. The molecule has 0 unspecified atom stereocenters. The van der Waals surface area contributed by atoms with E-state index < -0.39 is 0 Å². The Hall–Kier alpha value is -3.06. The maximum atomic E-state index is 13.4. The summed E-state index contributed by atoms with van der Waals surface area (Å²) in [7, 11) is 1.93. The molecular weight excluding hydrogens is 388 g/mol. The van der Waals surface area contributed by atoms with Gasteiger partial charge in [-0.1, -0.05) is 32.9 Å². The SMILES string of the molecule is CNCc1cc(C(C)(C)C)cc2c1CN(c1cccc(-c3nncn3C(C)C)n1)C2=O. The van der Waals surface area contributed by atoms with Gasteiger partial charge in [0.15, 0.2) is 5.82 Å². The lowest BCUT2D eigenvalue weighted by Crippen LogP contribution is -2.24. The third-order valence-electron chi connectivity index (χ3n) is 5.74. The summed E-state index contributed by atoms with van der Waals surface area (Å²) in [6.07, 6.45) is 1.71. The second-order valence-corrected chi connectivity index (χ2v) is 9.37. The zero-order valence-electron chi connectivity index (χ0n) is 19.1. The molecule has 2 aromatic heterocycles. The van der Waals surface area contributed by atoms with Crippen LogP contribution in [0.1, 0.15) is 67.7 Å². The molecule has 0 saturated heterocycles. The van der Waals surface area contributed by atoms with Crippen molar-refractivity contribution in [3.63, 3.8) is 0 Å². The lowest BCUT2D eigenvalue weighted by molar-refractivity contribution is 0.0996. The number of hydrogen-bond acceptors (Lipinski definition) is 5. The Bertz CT molecular complexity index is 1130. The van der Waals surface area contributed by atoms with Gasteiger partial charge >= 0.3 is 0 Å². The van der Waals surface area contributed by atoms with Crippen molar-refractivity contribution in [2.45, 2.75) is 59.2 Å². The highest BCUT2D eigenvalue weighted by molar-refractivity contribution is 6.10. The Labute approximate surface area is 183 Å². The molecule has 0 atom stereocenters. The van der Waals surface area contributed by atoms with Crippen LogP contribution in [0.3, 0.4) is 0 Å². The maximum absolute atomic E-state index is 13.4. The number of nitrogens with one attached hydrogen (secondary N) is 1. The van der Waals surface area contributed by atoms with E-state index in [2.05, 4.69) is 62.3 Å². The van der Waals surface area contributed by atoms with E-state index in [0.29, 0.717) is 23.9 Å². The van der Waals surface area contributed by atoms with Gasteiger partial charge in [-0.2, -0.15) is 0 Å². The normalized spacial score (nSPS) is 13.9. The minimum absolute atomic E-state index is 0.00608. The molecular formula is C24H30N6O. The predicted octanol–water partition coefficient (Wildman–Crippen LogP) is 4.10. The number of carbonyl (C=O) groups is 1. The number of carbonyl (C=O) groups excluding carboxylic acids is 1. The predicted molar refractivity (Wildman–Crippen MR) is 122 cm³/mol. The number of hydrogen-bond donors (Lipinski definition) is 1. The number of amides is 1. The highest BCUT2D eigenvalue weighted by atomic mass is 16.2. The van der Waals surface area contributed by atoms with Gasteiger partial charge < -0.3 is 9.88 Å². The molecule has 1 N–H and O–H groups in total. The second-order valence-electron chi connectivity index (χ2n) is 9.37. The standard InChI is InChI=1S/C24H30N6O/c1-15(2)30-14-26-28-22(30)20-8-7-9-21(27-20)29-13-19-16(12-25-6)10-17(24(3,4)5)11-18(19)23(29)31/h7-11,14-15,25H,12-13H2,1-6H3. The van der Waals surface area contributed by atoms with Crippen LogP contribution in [0.25, 0.3) is 11.5 Å². The molecule has 3 aromatic rings. The topological polar surface area (TPSA) is 75.9 Å². The Morgan fingerprint density at radius 1 is 1.19 bits per heavy atom. The highest BCUT2D eigenvalue weighted by Crippen LogP contribution is 2.34. The first kappa shape index (κ1) is 21.2. The molecule has 0 radical (unpaired) electrons. The first-order valence-corrected chi connectivity index (χ1v) is 10.7. The molecule has 0 aliphatic carbocycles. The zero-order chi connectivity index (χ0) is 22.3. The van der Waals surface area contributed by atoms with Crippen molar-refractivity contribution >= 4 is 11.7 Å². The molecule has 31 heavy (non-hydrogen) atoms. The Balaban J connectivity index is 1.74. The highest BCUT2D eigenvalue weighted by Gasteiger charge is 2.33. The van der Waals surface area contributed by atoms with Gasteiger partial charge in [-0.3, -0.25) is 9.69 Å². The fourth-order valence-electron chi connectivity index (χ4n) is 3.95. The van der Waals surface area contributed by atoms with Crippen LogP contribution in [0.2, 0.25) is 0 Å². The van der Waals surface area contributed by atoms with Gasteiger partial charge in [-0.05, 0) is 61.2 Å². The second kappa shape index (κ2) is 7.89. The molecule has 7 nitrogen and oxygen atoms in total. The third kappa shape index (κ3) is 3.85. The molecule has 1 aliphatic heterocycles. The van der Waals surface area contributed by atoms with Crippen LogP contribution in [-0.4, -0.2) is 32.7 Å². The van der Waals surface area contributed by atoms with Crippen LogP contribution >= 0.6 is 0 Å². The van der Waals surface area contributed by atoms with Gasteiger partial charge in [0, 0.05) is 18.2 Å². The van der Waals surface area contributed by atoms with Gasteiger partial charge in [-0.15, -0.1) is 10.2 Å². The molecule has 162 valence electrons. The Kier molecular flexibility index (Phi) is 5.39. The van der Waals surface area contributed by atoms with Crippen LogP contribution < -0.4 is 10.2 Å². The summed E-state index contributed by atoms with van der Waals surface area (Å²) in [5.41, 5.74) is 4.85. The van der Waals surface area contributed by atoms with Crippen molar-refractivity contribution in [3.05, 3.63) is 58.9 Å². The summed E-state index contributed by atoms with van der Waals surface area (Å²) in [6, 6.07) is 10.2. The number of anilines is 1. The molecule has 4 rings (SSSR count). The smallest absolute Gasteiger partial charge is 0.260 e. The van der Waals surface area contributed by atoms with E-state index in [0.717, 1.165) is 23.2 Å². The minimum Gasteiger partial charge on any atom is -0.316 e. The van der Waals surface area contributed by atoms with Gasteiger partial charge in [0.2, 0.25) is 0 Å².